The Morgan fingerprint density at radius 1 is 1.18 bits per heavy atom. The van der Waals surface area contributed by atoms with E-state index in [1.165, 1.54) is 12.1 Å². The van der Waals surface area contributed by atoms with E-state index in [2.05, 4.69) is 10.3 Å². The number of nitrogens with one attached hydrogen (secondary N) is 1. The van der Waals surface area contributed by atoms with Crippen LogP contribution in [0.4, 0.5) is 4.39 Å². The van der Waals surface area contributed by atoms with Crippen molar-refractivity contribution in [2.75, 3.05) is 39.0 Å². The maximum Gasteiger partial charge on any atom is 0.235 e. The molecule has 1 fully saturated rings. The lowest BCUT2D eigenvalue weighted by Crippen LogP contribution is -2.52. The number of rotatable bonds is 5. The number of carbonyl (C=O) groups is 1. The zero-order valence-corrected chi connectivity index (χ0v) is 13.3. The van der Waals surface area contributed by atoms with Crippen LogP contribution in [0.2, 0.25) is 0 Å². The van der Waals surface area contributed by atoms with Gasteiger partial charge >= 0.3 is 0 Å². The summed E-state index contributed by atoms with van der Waals surface area (Å²) in [5, 5.41) is 1.80. The highest BCUT2D eigenvalue weighted by Crippen LogP contribution is 2.12. The highest BCUT2D eigenvalue weighted by Gasteiger charge is 2.19. The molecule has 22 heavy (non-hydrogen) atoms. The summed E-state index contributed by atoms with van der Waals surface area (Å²) >= 11 is 0. The van der Waals surface area contributed by atoms with Gasteiger partial charge in [0.05, 0.1) is 10.6 Å². The van der Waals surface area contributed by atoms with Gasteiger partial charge in [0, 0.05) is 32.6 Å². The number of hydrogen-bond donors (Lipinski definition) is 1. The summed E-state index contributed by atoms with van der Waals surface area (Å²) in [6, 6.07) is 4.61. The fourth-order valence-electron chi connectivity index (χ4n) is 2.14. The van der Waals surface area contributed by atoms with Crippen LogP contribution in [-0.4, -0.2) is 63.2 Å². The number of halogens is 1. The first-order valence-corrected chi connectivity index (χ1v) is 8.73. The van der Waals surface area contributed by atoms with E-state index in [1.807, 2.05) is 7.05 Å². The molecule has 1 aliphatic heterocycles. The summed E-state index contributed by atoms with van der Waals surface area (Å²) in [5.41, 5.74) is 2.72. The Balaban J connectivity index is 1.83. The zero-order valence-electron chi connectivity index (χ0n) is 12.5. The fourth-order valence-corrected chi connectivity index (χ4v) is 3.38. The molecule has 1 aromatic carbocycles. The van der Waals surface area contributed by atoms with E-state index >= 15 is 0 Å². The molecule has 1 saturated heterocycles. The highest BCUT2D eigenvalue weighted by atomic mass is 32.2. The average molecular weight is 329 g/mol. The summed E-state index contributed by atoms with van der Waals surface area (Å²) in [4.78, 5) is 14.0. The average Bonchev–Trinajstić information content (AvgIpc) is 2.48. The molecule has 122 valence electrons. The first-order valence-electron chi connectivity index (χ1n) is 7.08. The minimum Gasteiger partial charge on any atom is -0.304 e. The van der Waals surface area contributed by atoms with E-state index in [4.69, 9.17) is 0 Å². The van der Waals surface area contributed by atoms with Crippen molar-refractivity contribution >= 4 is 15.7 Å². The maximum atomic E-state index is 12.8. The smallest absolute Gasteiger partial charge is 0.235 e. The van der Waals surface area contributed by atoms with Gasteiger partial charge < -0.3 is 4.90 Å². The van der Waals surface area contributed by atoms with Crippen molar-refractivity contribution in [3.8, 4) is 0 Å². The van der Waals surface area contributed by atoms with Crippen LogP contribution in [0.25, 0.3) is 0 Å². The third kappa shape index (κ3) is 4.75. The summed E-state index contributed by atoms with van der Waals surface area (Å²) < 4.78 is 36.9. The number of piperazine rings is 1. The molecule has 8 heteroatoms. The van der Waals surface area contributed by atoms with Crippen LogP contribution in [0.15, 0.2) is 29.2 Å². The van der Waals surface area contributed by atoms with E-state index < -0.39 is 15.7 Å². The van der Waals surface area contributed by atoms with E-state index in [-0.39, 0.29) is 23.0 Å². The van der Waals surface area contributed by atoms with Gasteiger partial charge in [0.2, 0.25) is 5.91 Å². The molecule has 6 nitrogen and oxygen atoms in total. The van der Waals surface area contributed by atoms with Crippen molar-refractivity contribution in [2.45, 2.75) is 11.3 Å². The van der Waals surface area contributed by atoms with Crippen LogP contribution in [0.3, 0.4) is 0 Å². The topological polar surface area (TPSA) is 69.7 Å². The van der Waals surface area contributed by atoms with Crippen LogP contribution in [0.5, 0.6) is 0 Å². The molecule has 0 aromatic heterocycles. The molecule has 1 aliphatic rings. The normalized spacial score (nSPS) is 17.4. The molecular formula is C14H20FN3O3S. The lowest BCUT2D eigenvalue weighted by molar-refractivity contribution is -0.126. The number of hydrazine groups is 1. The summed E-state index contributed by atoms with van der Waals surface area (Å²) in [6.07, 6.45) is -0.119. The molecule has 1 heterocycles. The number of nitrogens with zero attached hydrogens (tertiary/aromatic N) is 2. The minimum absolute atomic E-state index is 0.0290. The van der Waals surface area contributed by atoms with Gasteiger partial charge in [-0.15, -0.1) is 0 Å². The number of sulfone groups is 1. The second-order valence-corrected chi connectivity index (χ2v) is 7.46. The Kier molecular flexibility index (Phi) is 5.49. The van der Waals surface area contributed by atoms with Crippen molar-refractivity contribution in [2.24, 2.45) is 0 Å². The lowest BCUT2D eigenvalue weighted by Gasteiger charge is -2.32. The Morgan fingerprint density at radius 2 is 1.77 bits per heavy atom. The van der Waals surface area contributed by atoms with Crippen molar-refractivity contribution in [1.29, 1.82) is 0 Å². The maximum absolute atomic E-state index is 12.8. The van der Waals surface area contributed by atoms with Crippen LogP contribution in [0, 0.1) is 5.82 Å². The molecule has 0 aliphatic carbocycles. The molecule has 0 spiro atoms. The van der Waals surface area contributed by atoms with Crippen LogP contribution < -0.4 is 5.43 Å². The first-order chi connectivity index (χ1) is 10.4. The number of hydrogen-bond acceptors (Lipinski definition) is 5. The second kappa shape index (κ2) is 7.17. The molecule has 1 amide bonds. The molecule has 0 bridgehead atoms. The minimum atomic E-state index is -3.58. The van der Waals surface area contributed by atoms with E-state index in [0.717, 1.165) is 25.2 Å². The predicted molar refractivity (Wildman–Crippen MR) is 80.3 cm³/mol. The molecule has 0 atom stereocenters. The van der Waals surface area contributed by atoms with Crippen molar-refractivity contribution in [3.05, 3.63) is 30.1 Å². The monoisotopic (exact) mass is 329 g/mol. The summed E-state index contributed by atoms with van der Waals surface area (Å²) in [6.45, 7) is 3.14. The Morgan fingerprint density at radius 3 is 2.36 bits per heavy atom. The molecule has 2 rings (SSSR count). The van der Waals surface area contributed by atoms with Gasteiger partial charge in [0.15, 0.2) is 9.84 Å². The predicted octanol–water partition coefficient (Wildman–Crippen LogP) is 0.268. The van der Waals surface area contributed by atoms with Crippen molar-refractivity contribution in [1.82, 2.24) is 15.3 Å². The van der Waals surface area contributed by atoms with Crippen LogP contribution in [0.1, 0.15) is 6.42 Å². The van der Waals surface area contributed by atoms with Gasteiger partial charge in [0.25, 0.3) is 0 Å². The van der Waals surface area contributed by atoms with Crippen molar-refractivity contribution < 1.29 is 17.6 Å². The Bertz CT molecular complexity index is 611. The Hall–Kier alpha value is -1.51. The van der Waals surface area contributed by atoms with E-state index in [0.29, 0.717) is 13.1 Å². The van der Waals surface area contributed by atoms with Crippen LogP contribution >= 0.6 is 0 Å². The van der Waals surface area contributed by atoms with Gasteiger partial charge in [-0.2, -0.15) is 0 Å². The van der Waals surface area contributed by atoms with Gasteiger partial charge in [-0.25, -0.2) is 17.8 Å². The summed E-state index contributed by atoms with van der Waals surface area (Å²) in [5.74, 6) is -1.11. The number of benzene rings is 1. The van der Waals surface area contributed by atoms with Crippen molar-refractivity contribution in [3.63, 3.8) is 0 Å². The quantitative estimate of drug-likeness (QED) is 0.785. The van der Waals surface area contributed by atoms with Gasteiger partial charge in [-0.3, -0.25) is 10.2 Å². The standard InChI is InChI=1S/C14H20FN3O3S/c1-17-7-9-18(10-8-17)16-14(19)6-11-22(20,21)13-4-2-12(15)3-5-13/h2-5H,6-11H2,1H3,(H,16,19). The number of carbonyl (C=O) groups excluding carboxylic acids is 1. The molecular weight excluding hydrogens is 309 g/mol. The molecule has 0 unspecified atom stereocenters. The molecule has 0 radical (unpaired) electrons. The molecule has 1 N–H and O–H groups in total. The molecule has 1 aromatic rings. The van der Waals surface area contributed by atoms with E-state index in [1.54, 1.807) is 5.01 Å². The number of likely N-dealkylation sites (N-methyl/N-ethyl adjacent to an activating group) is 1. The third-order valence-corrected chi connectivity index (χ3v) is 5.29. The Labute approximate surface area is 129 Å². The fraction of sp³-hybridized carbons (Fsp3) is 0.500. The zero-order chi connectivity index (χ0) is 16.2. The third-order valence-electron chi connectivity index (χ3n) is 3.56. The highest BCUT2D eigenvalue weighted by molar-refractivity contribution is 7.91. The van der Waals surface area contributed by atoms with Gasteiger partial charge in [-0.05, 0) is 31.3 Å². The SMILES string of the molecule is CN1CCN(NC(=O)CCS(=O)(=O)c2ccc(F)cc2)CC1. The van der Waals surface area contributed by atoms with Gasteiger partial charge in [0.1, 0.15) is 5.82 Å². The van der Waals surface area contributed by atoms with Crippen LogP contribution in [-0.2, 0) is 14.6 Å². The second-order valence-electron chi connectivity index (χ2n) is 5.35. The van der Waals surface area contributed by atoms with E-state index in [9.17, 15) is 17.6 Å². The first kappa shape index (κ1) is 16.9. The van der Waals surface area contributed by atoms with Gasteiger partial charge in [-0.1, -0.05) is 0 Å². The largest absolute Gasteiger partial charge is 0.304 e. The molecule has 0 saturated carbocycles. The lowest BCUT2D eigenvalue weighted by atomic mass is 10.3. The number of amides is 1. The summed E-state index contributed by atoms with van der Waals surface area (Å²) in [7, 11) is -1.57.